The van der Waals surface area contributed by atoms with Crippen molar-refractivity contribution in [1.29, 1.82) is 0 Å². The average molecular weight is 1270 g/mol. The van der Waals surface area contributed by atoms with Crippen LogP contribution in [-0.2, 0) is 59.0 Å². The molecular weight excluding hydrogens is 1190 g/mol. The van der Waals surface area contributed by atoms with Gasteiger partial charge in [0, 0.05) is 60.7 Å². The van der Waals surface area contributed by atoms with E-state index in [1.807, 2.05) is 6.20 Å². The van der Waals surface area contributed by atoms with Crippen LogP contribution in [0.2, 0.25) is 0 Å². The van der Waals surface area contributed by atoms with Crippen LogP contribution in [0.3, 0.4) is 0 Å². The van der Waals surface area contributed by atoms with Gasteiger partial charge in [-0.3, -0.25) is 0 Å². The van der Waals surface area contributed by atoms with Gasteiger partial charge in [0.1, 0.15) is 5.82 Å². The second-order valence-corrected chi connectivity index (χ2v) is 28.8. The molecule has 0 fully saturated rings. The molecule has 1 aliphatic heterocycles. The van der Waals surface area contributed by atoms with E-state index in [-0.39, 0.29) is 53.6 Å². The standard InChI is InChI=1S/C78H83N4.Pt/c1-72(2,3)54-36-38-67-66(48-54)65-37-35-57(49-70(65)82(67)71-50-55(39-40-79-71)77(16,17)62-43-58(73(4,5)6)41-59(44-62)74(7,8)9)78(52-27-20-18-21-28-52,53-29-22-19-23-30-53)56-31-26-32-63(45-56)80-51-81(69-34-25-24-33-68(69)80)64-46-60(75(10,11)12)42-61(47-64)76(13,14)15;/h18-44,46-48,50-51H,1-17H3;/q-3;. The number of benzene rings is 8. The van der Waals surface area contributed by atoms with Crippen molar-refractivity contribution in [3.8, 4) is 5.82 Å². The quantitative estimate of drug-likeness (QED) is 0.106. The van der Waals surface area contributed by atoms with Crippen molar-refractivity contribution in [2.24, 2.45) is 0 Å². The monoisotopic (exact) mass is 1270 g/mol. The van der Waals surface area contributed by atoms with Crippen molar-refractivity contribution in [3.63, 3.8) is 0 Å². The number of hydrogen-bond donors (Lipinski definition) is 0. The fraction of sp³-hybridized carbons (Fsp3) is 0.308. The molecule has 0 unspecified atom stereocenters. The Morgan fingerprint density at radius 1 is 0.373 bits per heavy atom. The minimum atomic E-state index is -0.869. The van der Waals surface area contributed by atoms with Gasteiger partial charge in [-0.05, 0) is 125 Å². The molecule has 0 bridgehead atoms. The van der Waals surface area contributed by atoms with Crippen LogP contribution in [0.5, 0.6) is 0 Å². The van der Waals surface area contributed by atoms with Gasteiger partial charge in [-0.2, -0.15) is 42.5 Å². The van der Waals surface area contributed by atoms with E-state index < -0.39 is 5.41 Å². The molecular formula is C78H83N4Pt-3. The van der Waals surface area contributed by atoms with Crippen molar-refractivity contribution in [3.05, 3.63) is 268 Å². The number of rotatable bonds is 9. The average Bonchev–Trinajstić information content (AvgIpc) is 2.23. The van der Waals surface area contributed by atoms with Crippen molar-refractivity contribution in [2.45, 2.75) is 156 Å². The number of anilines is 4. The molecule has 3 heterocycles. The van der Waals surface area contributed by atoms with Gasteiger partial charge in [0.05, 0.1) is 0 Å². The summed E-state index contributed by atoms with van der Waals surface area (Å²) >= 11 is 0. The summed E-state index contributed by atoms with van der Waals surface area (Å²) in [5.74, 6) is 0.861. The normalized spacial score (nSPS) is 13.7. The maximum atomic E-state index is 5.30. The fourth-order valence-corrected chi connectivity index (χ4v) is 12.1. The molecule has 10 aromatic rings. The largest absolute Gasteiger partial charge is 0.493 e. The molecule has 0 saturated heterocycles. The second kappa shape index (κ2) is 21.3. The minimum absolute atomic E-state index is 0. The van der Waals surface area contributed by atoms with Crippen LogP contribution >= 0.6 is 0 Å². The molecule has 0 radical (unpaired) electrons. The number of hydrogen-bond acceptors (Lipinski definition) is 3. The summed E-state index contributed by atoms with van der Waals surface area (Å²) in [5, 5.41) is 2.31. The molecule has 0 spiro atoms. The predicted octanol–water partition coefficient (Wildman–Crippen LogP) is 20.4. The molecule has 1 aliphatic rings. The summed E-state index contributed by atoms with van der Waals surface area (Å²) in [4.78, 5) is 9.99. The summed E-state index contributed by atoms with van der Waals surface area (Å²) in [6.07, 6.45) is 2.01. The Morgan fingerprint density at radius 2 is 0.867 bits per heavy atom. The fourth-order valence-electron chi connectivity index (χ4n) is 12.1. The van der Waals surface area contributed by atoms with E-state index in [4.69, 9.17) is 4.98 Å². The molecule has 0 aliphatic carbocycles. The number of nitrogens with zero attached hydrogens (tertiary/aromatic N) is 4. The first-order valence-corrected chi connectivity index (χ1v) is 29.5. The zero-order valence-corrected chi connectivity index (χ0v) is 54.4. The van der Waals surface area contributed by atoms with Crippen LogP contribution in [0.4, 0.5) is 22.7 Å². The molecule has 0 atom stereocenters. The van der Waals surface area contributed by atoms with Gasteiger partial charge in [-0.15, -0.1) is 28.9 Å². The molecule has 4 nitrogen and oxygen atoms in total. The molecule has 2 aromatic heterocycles. The molecule has 11 rings (SSSR count). The minimum Gasteiger partial charge on any atom is -0.493 e. The molecule has 0 saturated carbocycles. The van der Waals surface area contributed by atoms with Crippen LogP contribution in [0, 0.1) is 18.8 Å². The van der Waals surface area contributed by atoms with Gasteiger partial charge in [0.25, 0.3) is 0 Å². The van der Waals surface area contributed by atoms with Crippen LogP contribution in [0.25, 0.3) is 27.6 Å². The van der Waals surface area contributed by atoms with Gasteiger partial charge >= 0.3 is 0 Å². The van der Waals surface area contributed by atoms with Gasteiger partial charge in [-0.1, -0.05) is 232 Å². The Hall–Kier alpha value is -7.00. The van der Waals surface area contributed by atoms with Gasteiger partial charge in [0.2, 0.25) is 0 Å². The first-order valence-electron chi connectivity index (χ1n) is 29.5. The first-order chi connectivity index (χ1) is 38.5. The van der Waals surface area contributed by atoms with E-state index in [2.05, 4.69) is 333 Å². The third kappa shape index (κ3) is 10.8. The number of para-hydroxylation sites is 2. The zero-order valence-electron chi connectivity index (χ0n) is 52.1. The maximum absolute atomic E-state index is 5.30. The Kier molecular flexibility index (Phi) is 15.2. The van der Waals surface area contributed by atoms with Crippen molar-refractivity contribution in [2.75, 3.05) is 9.80 Å². The van der Waals surface area contributed by atoms with Crippen LogP contribution in [0.15, 0.2) is 188 Å². The van der Waals surface area contributed by atoms with E-state index >= 15 is 0 Å². The van der Waals surface area contributed by atoms with Gasteiger partial charge < -0.3 is 14.4 Å². The second-order valence-electron chi connectivity index (χ2n) is 28.8. The van der Waals surface area contributed by atoms with Crippen molar-refractivity contribution in [1.82, 2.24) is 9.55 Å². The van der Waals surface area contributed by atoms with Crippen molar-refractivity contribution >= 4 is 44.6 Å². The Balaban J connectivity index is 0.00000769. The van der Waals surface area contributed by atoms with E-state index in [0.29, 0.717) is 0 Å². The third-order valence-electron chi connectivity index (χ3n) is 17.4. The molecule has 5 heteroatoms. The maximum Gasteiger partial charge on any atom is 0.135 e. The predicted molar refractivity (Wildman–Crippen MR) is 348 cm³/mol. The Bertz CT molecular complexity index is 3910. The molecule has 8 aromatic carbocycles. The van der Waals surface area contributed by atoms with Gasteiger partial charge in [0.15, 0.2) is 0 Å². The van der Waals surface area contributed by atoms with Crippen molar-refractivity contribution < 1.29 is 21.1 Å². The topological polar surface area (TPSA) is 24.3 Å². The molecule has 83 heavy (non-hydrogen) atoms. The SMILES string of the molecule is CC(C)(C)c1cc(N2[CH-]N(c3[c-]c(C(c4[c-]c5c(cc4)c4cc(C(C)(C)C)ccc4n5-c4cc(C(C)(C)c5cc(C(C)(C)C)cc(C(C)(C)C)c5)ccn4)(c4ccccc4)c4ccccc4)ccc3)c3ccccc32)cc(C(C)(C)C)c1.[Pt]. The summed E-state index contributed by atoms with van der Waals surface area (Å²) in [6, 6.07) is 76.5. The van der Waals surface area contributed by atoms with E-state index in [1.165, 1.54) is 44.3 Å². The van der Waals surface area contributed by atoms with E-state index in [9.17, 15) is 0 Å². The van der Waals surface area contributed by atoms with Crippen LogP contribution in [-0.4, -0.2) is 9.55 Å². The summed E-state index contributed by atoms with van der Waals surface area (Å²) in [5.41, 5.74) is 18.4. The van der Waals surface area contributed by atoms with E-state index in [0.717, 1.165) is 67.2 Å². The Labute approximate surface area is 511 Å². The molecule has 428 valence electrons. The summed E-state index contributed by atoms with van der Waals surface area (Å²) in [6.45, 7) is 41.7. The number of fused-ring (bicyclic) bond motifs is 4. The molecule has 0 N–H and O–H groups in total. The third-order valence-corrected chi connectivity index (χ3v) is 17.4. The Morgan fingerprint density at radius 3 is 1.41 bits per heavy atom. The number of pyridine rings is 1. The summed E-state index contributed by atoms with van der Waals surface area (Å²) < 4.78 is 2.37. The van der Waals surface area contributed by atoms with Gasteiger partial charge in [-0.25, -0.2) is 4.98 Å². The summed E-state index contributed by atoms with van der Waals surface area (Å²) in [7, 11) is 0. The zero-order chi connectivity index (χ0) is 58.5. The molecule has 0 amide bonds. The smallest absolute Gasteiger partial charge is 0.135 e. The van der Waals surface area contributed by atoms with E-state index in [1.54, 1.807) is 0 Å². The first kappa shape index (κ1) is 59.2. The number of aromatic nitrogens is 2. The van der Waals surface area contributed by atoms with Crippen LogP contribution < -0.4 is 9.80 Å². The van der Waals surface area contributed by atoms with Crippen LogP contribution in [0.1, 0.15) is 179 Å².